The van der Waals surface area contributed by atoms with E-state index in [4.69, 9.17) is 0 Å². The SMILES string of the molecule is C=C/C=C(\C=C/C)c1ccc(Br)s1. The van der Waals surface area contributed by atoms with E-state index < -0.39 is 0 Å². The van der Waals surface area contributed by atoms with Gasteiger partial charge in [-0.1, -0.05) is 30.9 Å². The van der Waals surface area contributed by atoms with Crippen molar-refractivity contribution >= 4 is 32.8 Å². The van der Waals surface area contributed by atoms with Gasteiger partial charge in [-0.2, -0.15) is 0 Å². The third kappa shape index (κ3) is 2.98. The highest BCUT2D eigenvalue weighted by Crippen LogP contribution is 2.28. The van der Waals surface area contributed by atoms with Gasteiger partial charge in [-0.15, -0.1) is 11.3 Å². The van der Waals surface area contributed by atoms with Crippen LogP contribution in [0.25, 0.3) is 5.57 Å². The number of thiophene rings is 1. The molecule has 13 heavy (non-hydrogen) atoms. The second kappa shape index (κ2) is 5.20. The number of allylic oxidation sites excluding steroid dienone is 5. The predicted octanol–water partition coefficient (Wildman–Crippen LogP) is 4.66. The van der Waals surface area contributed by atoms with E-state index in [1.165, 1.54) is 10.5 Å². The van der Waals surface area contributed by atoms with Crippen LogP contribution in [0.2, 0.25) is 0 Å². The van der Waals surface area contributed by atoms with Crippen molar-refractivity contribution in [3.63, 3.8) is 0 Å². The fourth-order valence-corrected chi connectivity index (χ4v) is 2.39. The minimum absolute atomic E-state index is 1.15. The molecule has 0 aromatic carbocycles. The highest BCUT2D eigenvalue weighted by Gasteiger charge is 1.99. The molecule has 0 bridgehead atoms. The summed E-state index contributed by atoms with van der Waals surface area (Å²) < 4.78 is 1.15. The molecule has 0 radical (unpaired) electrons. The Morgan fingerprint density at radius 3 is 2.77 bits per heavy atom. The van der Waals surface area contributed by atoms with Crippen LogP contribution in [0.1, 0.15) is 11.8 Å². The lowest BCUT2D eigenvalue weighted by Gasteiger charge is -1.94. The molecule has 0 unspecified atom stereocenters. The average Bonchev–Trinajstić information content (AvgIpc) is 2.51. The van der Waals surface area contributed by atoms with Crippen LogP contribution in [-0.4, -0.2) is 0 Å². The number of rotatable bonds is 3. The first-order chi connectivity index (χ1) is 6.27. The molecule has 0 amide bonds. The summed E-state index contributed by atoms with van der Waals surface area (Å²) in [5, 5.41) is 0. The van der Waals surface area contributed by atoms with Gasteiger partial charge in [-0.3, -0.25) is 0 Å². The lowest BCUT2D eigenvalue weighted by Crippen LogP contribution is -1.71. The van der Waals surface area contributed by atoms with Gasteiger partial charge in [0.25, 0.3) is 0 Å². The van der Waals surface area contributed by atoms with Gasteiger partial charge < -0.3 is 0 Å². The normalized spacial score (nSPS) is 12.3. The van der Waals surface area contributed by atoms with Crippen molar-refractivity contribution < 1.29 is 0 Å². The highest BCUT2D eigenvalue weighted by atomic mass is 79.9. The van der Waals surface area contributed by atoms with Crippen molar-refractivity contribution in [2.45, 2.75) is 6.92 Å². The first-order valence-electron chi connectivity index (χ1n) is 3.99. The zero-order valence-corrected chi connectivity index (χ0v) is 9.86. The predicted molar refractivity (Wildman–Crippen MR) is 65.0 cm³/mol. The molecule has 0 aliphatic carbocycles. The van der Waals surface area contributed by atoms with Crippen LogP contribution in [0.5, 0.6) is 0 Å². The first-order valence-corrected chi connectivity index (χ1v) is 5.60. The topological polar surface area (TPSA) is 0 Å². The fourth-order valence-electron chi connectivity index (χ4n) is 0.996. The van der Waals surface area contributed by atoms with Crippen LogP contribution in [-0.2, 0) is 0 Å². The Morgan fingerprint density at radius 2 is 2.31 bits per heavy atom. The zero-order valence-electron chi connectivity index (χ0n) is 7.46. The maximum absolute atomic E-state index is 3.70. The maximum atomic E-state index is 3.70. The van der Waals surface area contributed by atoms with Crippen molar-refractivity contribution in [2.24, 2.45) is 0 Å². The summed E-state index contributed by atoms with van der Waals surface area (Å²) in [6.45, 7) is 5.71. The monoisotopic (exact) mass is 254 g/mol. The molecule has 68 valence electrons. The zero-order chi connectivity index (χ0) is 9.68. The standard InChI is InChI=1S/C11H11BrS/c1-3-5-9(6-4-2)10-7-8-11(12)13-10/h3-8H,1H2,2H3/b6-4-,9-5+. The Hall–Kier alpha value is -0.600. The summed E-state index contributed by atoms with van der Waals surface area (Å²) in [5.41, 5.74) is 1.20. The quantitative estimate of drug-likeness (QED) is 0.689. The van der Waals surface area contributed by atoms with Gasteiger partial charge in [0.2, 0.25) is 0 Å². The second-order valence-electron chi connectivity index (χ2n) is 2.46. The molecule has 1 heterocycles. The van der Waals surface area contributed by atoms with E-state index in [-0.39, 0.29) is 0 Å². The number of hydrogen-bond acceptors (Lipinski definition) is 1. The molecular weight excluding hydrogens is 244 g/mol. The number of halogens is 1. The summed E-state index contributed by atoms with van der Waals surface area (Å²) >= 11 is 5.17. The molecule has 2 heteroatoms. The Balaban J connectivity index is 3.01. The van der Waals surface area contributed by atoms with Crippen molar-refractivity contribution in [1.29, 1.82) is 0 Å². The van der Waals surface area contributed by atoms with E-state index >= 15 is 0 Å². The summed E-state index contributed by atoms with van der Waals surface area (Å²) in [6.07, 6.45) is 7.93. The van der Waals surface area contributed by atoms with E-state index in [2.05, 4.69) is 40.7 Å². The van der Waals surface area contributed by atoms with E-state index in [1.54, 1.807) is 11.3 Å². The van der Waals surface area contributed by atoms with E-state index in [9.17, 15) is 0 Å². The van der Waals surface area contributed by atoms with Gasteiger partial charge >= 0.3 is 0 Å². The van der Waals surface area contributed by atoms with Gasteiger partial charge in [0.15, 0.2) is 0 Å². The van der Waals surface area contributed by atoms with Crippen LogP contribution in [0.3, 0.4) is 0 Å². The molecule has 1 rings (SSSR count). The molecular formula is C11H11BrS. The largest absolute Gasteiger partial charge is 0.128 e. The van der Waals surface area contributed by atoms with Crippen LogP contribution in [0, 0.1) is 0 Å². The van der Waals surface area contributed by atoms with E-state index in [0.29, 0.717) is 0 Å². The van der Waals surface area contributed by atoms with Crippen LogP contribution in [0.15, 0.2) is 46.8 Å². The summed E-state index contributed by atoms with van der Waals surface area (Å²) in [6, 6.07) is 4.16. The minimum atomic E-state index is 1.15. The van der Waals surface area contributed by atoms with Gasteiger partial charge in [-0.05, 0) is 40.6 Å². The first kappa shape index (κ1) is 10.5. The summed E-state index contributed by atoms with van der Waals surface area (Å²) in [4.78, 5) is 1.25. The van der Waals surface area contributed by atoms with Crippen molar-refractivity contribution in [3.05, 3.63) is 51.7 Å². The Bertz CT molecular complexity index is 345. The molecule has 0 N–H and O–H groups in total. The molecule has 0 aliphatic heterocycles. The molecule has 0 spiro atoms. The van der Waals surface area contributed by atoms with Crippen LogP contribution >= 0.6 is 27.3 Å². The average molecular weight is 255 g/mol. The molecule has 0 saturated carbocycles. The van der Waals surface area contributed by atoms with Crippen LogP contribution in [0.4, 0.5) is 0 Å². The Labute approximate surface area is 91.4 Å². The highest BCUT2D eigenvalue weighted by molar-refractivity contribution is 9.11. The molecule has 0 saturated heterocycles. The van der Waals surface area contributed by atoms with E-state index in [0.717, 1.165) is 3.79 Å². The maximum Gasteiger partial charge on any atom is 0.0705 e. The molecule has 0 nitrogen and oxygen atoms in total. The second-order valence-corrected chi connectivity index (χ2v) is 4.92. The lowest BCUT2D eigenvalue weighted by atomic mass is 10.2. The summed E-state index contributed by atoms with van der Waals surface area (Å²) in [7, 11) is 0. The van der Waals surface area contributed by atoms with Gasteiger partial charge in [0.05, 0.1) is 3.79 Å². The minimum Gasteiger partial charge on any atom is -0.128 e. The third-order valence-electron chi connectivity index (χ3n) is 1.50. The van der Waals surface area contributed by atoms with Crippen molar-refractivity contribution in [2.75, 3.05) is 0 Å². The third-order valence-corrected chi connectivity index (χ3v) is 3.17. The molecule has 1 aromatic heterocycles. The molecule has 0 fully saturated rings. The van der Waals surface area contributed by atoms with Crippen molar-refractivity contribution in [1.82, 2.24) is 0 Å². The fraction of sp³-hybridized carbons (Fsp3) is 0.0909. The molecule has 1 aromatic rings. The van der Waals surface area contributed by atoms with Crippen molar-refractivity contribution in [3.8, 4) is 0 Å². The number of hydrogen-bond donors (Lipinski definition) is 0. The molecule has 0 aliphatic rings. The van der Waals surface area contributed by atoms with Crippen LogP contribution < -0.4 is 0 Å². The van der Waals surface area contributed by atoms with Gasteiger partial charge in [-0.25, -0.2) is 0 Å². The Morgan fingerprint density at radius 1 is 1.54 bits per heavy atom. The molecule has 0 atom stereocenters. The Kier molecular flexibility index (Phi) is 4.19. The van der Waals surface area contributed by atoms with Gasteiger partial charge in [0, 0.05) is 4.88 Å². The lowest BCUT2D eigenvalue weighted by molar-refractivity contribution is 1.72. The van der Waals surface area contributed by atoms with Gasteiger partial charge in [0.1, 0.15) is 0 Å². The smallest absolute Gasteiger partial charge is 0.0705 e. The summed E-state index contributed by atoms with van der Waals surface area (Å²) in [5.74, 6) is 0. The van der Waals surface area contributed by atoms with E-state index in [1.807, 2.05) is 25.2 Å².